The van der Waals surface area contributed by atoms with E-state index in [1.807, 2.05) is 6.92 Å². The molecular formula is C11H11F3N2S. The van der Waals surface area contributed by atoms with Crippen molar-refractivity contribution in [2.75, 3.05) is 11.9 Å². The van der Waals surface area contributed by atoms with Crippen LogP contribution < -0.4 is 5.32 Å². The minimum Gasteiger partial charge on any atom is -0.335 e. The fourth-order valence-electron chi connectivity index (χ4n) is 1.44. The summed E-state index contributed by atoms with van der Waals surface area (Å²) in [6.07, 6.45) is -4.31. The average Bonchev–Trinajstić information content (AvgIpc) is 2.63. The predicted molar refractivity (Wildman–Crippen MR) is 64.4 cm³/mol. The summed E-state index contributed by atoms with van der Waals surface area (Å²) in [6.45, 7) is 2.72. The largest absolute Gasteiger partial charge is 0.416 e. The highest BCUT2D eigenvalue weighted by Crippen LogP contribution is 2.31. The van der Waals surface area contributed by atoms with Crippen molar-refractivity contribution in [3.05, 3.63) is 29.8 Å². The van der Waals surface area contributed by atoms with Crippen molar-refractivity contribution in [3.63, 3.8) is 0 Å². The summed E-state index contributed by atoms with van der Waals surface area (Å²) in [5, 5.41) is 3.95. The summed E-state index contributed by atoms with van der Waals surface area (Å²) in [5.41, 5.74) is -0.237. The van der Waals surface area contributed by atoms with E-state index in [4.69, 9.17) is 0 Å². The Kier molecular flexibility index (Phi) is 3.33. The molecule has 2 nitrogen and oxygen atoms in total. The van der Waals surface area contributed by atoms with E-state index in [2.05, 4.69) is 10.3 Å². The van der Waals surface area contributed by atoms with Crippen LogP contribution in [0.4, 0.5) is 18.9 Å². The van der Waals surface area contributed by atoms with Crippen molar-refractivity contribution in [1.82, 2.24) is 0 Å². The van der Waals surface area contributed by atoms with Gasteiger partial charge in [0.05, 0.1) is 12.1 Å². The van der Waals surface area contributed by atoms with Gasteiger partial charge in [0.15, 0.2) is 5.17 Å². The highest BCUT2D eigenvalue weighted by molar-refractivity contribution is 8.15. The fourth-order valence-corrected chi connectivity index (χ4v) is 2.30. The van der Waals surface area contributed by atoms with Crippen LogP contribution in [0.25, 0.3) is 0 Å². The molecule has 92 valence electrons. The van der Waals surface area contributed by atoms with Crippen molar-refractivity contribution in [1.29, 1.82) is 0 Å². The lowest BCUT2D eigenvalue weighted by atomic mass is 10.2. The molecule has 0 saturated heterocycles. The van der Waals surface area contributed by atoms with E-state index in [1.165, 1.54) is 17.8 Å². The van der Waals surface area contributed by atoms with Crippen molar-refractivity contribution in [2.24, 2.45) is 4.99 Å². The van der Waals surface area contributed by atoms with Crippen LogP contribution >= 0.6 is 11.8 Å². The molecule has 1 atom stereocenters. The van der Waals surface area contributed by atoms with Crippen LogP contribution in [0.15, 0.2) is 29.3 Å². The van der Waals surface area contributed by atoms with Crippen LogP contribution in [0, 0.1) is 0 Å². The second-order valence-corrected chi connectivity index (χ2v) is 5.21. The molecule has 1 N–H and O–H groups in total. The second-order valence-electron chi connectivity index (χ2n) is 3.78. The Morgan fingerprint density at radius 2 is 2.18 bits per heavy atom. The van der Waals surface area contributed by atoms with Gasteiger partial charge in [-0.2, -0.15) is 13.2 Å². The van der Waals surface area contributed by atoms with Gasteiger partial charge in [0.1, 0.15) is 0 Å². The number of thioether (sulfide) groups is 1. The van der Waals surface area contributed by atoms with Crippen molar-refractivity contribution < 1.29 is 13.2 Å². The minimum absolute atomic E-state index is 0.378. The molecule has 0 aliphatic carbocycles. The van der Waals surface area contributed by atoms with Crippen molar-refractivity contribution >= 4 is 22.6 Å². The molecule has 2 rings (SSSR count). The molecule has 0 saturated carbocycles. The van der Waals surface area contributed by atoms with E-state index in [9.17, 15) is 13.2 Å². The lowest BCUT2D eigenvalue weighted by Crippen LogP contribution is -2.09. The Morgan fingerprint density at radius 3 is 2.76 bits per heavy atom. The van der Waals surface area contributed by atoms with Gasteiger partial charge in [-0.1, -0.05) is 24.8 Å². The number of hydrogen-bond acceptors (Lipinski definition) is 3. The molecule has 1 aliphatic heterocycles. The predicted octanol–water partition coefficient (Wildman–Crippen LogP) is 3.61. The summed E-state index contributed by atoms with van der Waals surface area (Å²) < 4.78 is 37.4. The lowest BCUT2D eigenvalue weighted by molar-refractivity contribution is -0.137. The maximum Gasteiger partial charge on any atom is 0.416 e. The second kappa shape index (κ2) is 4.60. The molecule has 1 aromatic rings. The highest BCUT2D eigenvalue weighted by atomic mass is 32.2. The van der Waals surface area contributed by atoms with Gasteiger partial charge in [0.25, 0.3) is 0 Å². The van der Waals surface area contributed by atoms with Gasteiger partial charge in [0, 0.05) is 10.9 Å². The third kappa shape index (κ3) is 3.15. The maximum atomic E-state index is 12.5. The molecule has 0 bridgehead atoms. The molecule has 0 spiro atoms. The number of rotatable bonds is 1. The van der Waals surface area contributed by atoms with E-state index in [-0.39, 0.29) is 0 Å². The van der Waals surface area contributed by atoms with Crippen LogP contribution in [0.2, 0.25) is 0 Å². The van der Waals surface area contributed by atoms with Gasteiger partial charge < -0.3 is 5.32 Å². The third-order valence-electron chi connectivity index (χ3n) is 2.25. The summed E-state index contributed by atoms with van der Waals surface area (Å²) in [5.74, 6) is 0. The van der Waals surface area contributed by atoms with Gasteiger partial charge >= 0.3 is 6.18 Å². The molecule has 0 amide bonds. The van der Waals surface area contributed by atoms with E-state index < -0.39 is 11.7 Å². The molecule has 6 heteroatoms. The van der Waals surface area contributed by atoms with Gasteiger partial charge in [-0.15, -0.1) is 0 Å². The molecule has 17 heavy (non-hydrogen) atoms. The number of benzene rings is 1. The zero-order valence-electron chi connectivity index (χ0n) is 9.08. The molecule has 1 heterocycles. The van der Waals surface area contributed by atoms with Crippen LogP contribution in [-0.4, -0.2) is 17.0 Å². The molecule has 1 aliphatic rings. The average molecular weight is 260 g/mol. The molecule has 0 fully saturated rings. The number of nitrogens with one attached hydrogen (secondary N) is 1. The standard InChI is InChI=1S/C11H11F3N2S/c1-7-6-15-10(17-7)16-9-4-2-3-8(5-9)11(12,13)14/h2-5,7H,6H2,1H3,(H,15,16)/t7-/m1/s1. The van der Waals surface area contributed by atoms with E-state index >= 15 is 0 Å². The molecule has 1 aromatic carbocycles. The number of anilines is 1. The van der Waals surface area contributed by atoms with Crippen molar-refractivity contribution in [2.45, 2.75) is 18.3 Å². The topological polar surface area (TPSA) is 24.4 Å². The number of hydrogen-bond donors (Lipinski definition) is 1. The first-order valence-corrected chi connectivity index (χ1v) is 5.98. The van der Waals surface area contributed by atoms with Crippen LogP contribution in [0.3, 0.4) is 0 Å². The number of nitrogens with zero attached hydrogens (tertiary/aromatic N) is 1. The molecule has 0 radical (unpaired) electrons. The Morgan fingerprint density at radius 1 is 1.41 bits per heavy atom. The summed E-state index contributed by atoms with van der Waals surface area (Å²) in [7, 11) is 0. The fraction of sp³-hybridized carbons (Fsp3) is 0.364. The molecule has 0 aromatic heterocycles. The van der Waals surface area contributed by atoms with Crippen LogP contribution in [0.1, 0.15) is 12.5 Å². The highest BCUT2D eigenvalue weighted by Gasteiger charge is 2.30. The molecule has 0 unspecified atom stereocenters. The smallest absolute Gasteiger partial charge is 0.335 e. The first-order chi connectivity index (χ1) is 7.95. The quantitative estimate of drug-likeness (QED) is 0.834. The number of alkyl halides is 3. The Balaban J connectivity index is 2.12. The number of amidine groups is 1. The SMILES string of the molecule is C[C@@H]1CN=C(Nc2cccc(C(F)(F)F)c2)S1. The number of aliphatic imine (C=N–C) groups is 1. The van der Waals surface area contributed by atoms with Gasteiger partial charge in [-0.3, -0.25) is 4.99 Å². The van der Waals surface area contributed by atoms with E-state index in [0.29, 0.717) is 22.6 Å². The minimum atomic E-state index is -4.31. The summed E-state index contributed by atoms with van der Waals surface area (Å²) >= 11 is 1.53. The first-order valence-electron chi connectivity index (χ1n) is 5.10. The molecular weight excluding hydrogens is 249 g/mol. The lowest BCUT2D eigenvalue weighted by Gasteiger charge is -2.10. The van der Waals surface area contributed by atoms with Gasteiger partial charge in [-0.05, 0) is 18.2 Å². The zero-order valence-corrected chi connectivity index (χ0v) is 9.90. The first kappa shape index (κ1) is 12.3. The van der Waals surface area contributed by atoms with Crippen LogP contribution in [-0.2, 0) is 6.18 Å². The van der Waals surface area contributed by atoms with Crippen LogP contribution in [0.5, 0.6) is 0 Å². The summed E-state index contributed by atoms with van der Waals surface area (Å²) in [6, 6.07) is 5.12. The van der Waals surface area contributed by atoms with E-state index in [0.717, 1.165) is 12.1 Å². The van der Waals surface area contributed by atoms with Gasteiger partial charge in [0.2, 0.25) is 0 Å². The summed E-state index contributed by atoms with van der Waals surface area (Å²) in [4.78, 5) is 4.19. The maximum absolute atomic E-state index is 12.5. The third-order valence-corrected chi connectivity index (χ3v) is 3.25. The number of halogens is 3. The monoisotopic (exact) mass is 260 g/mol. The Hall–Kier alpha value is -1.17. The Labute approximate surface area is 101 Å². The zero-order chi connectivity index (χ0) is 12.5. The van der Waals surface area contributed by atoms with Crippen molar-refractivity contribution in [3.8, 4) is 0 Å². The van der Waals surface area contributed by atoms with E-state index in [1.54, 1.807) is 6.07 Å². The van der Waals surface area contributed by atoms with Gasteiger partial charge in [-0.25, -0.2) is 0 Å². The normalized spacial score (nSPS) is 20.2. The Bertz CT molecular complexity index is 443.